The number of hydrogen-bond acceptors (Lipinski definition) is 5. The second kappa shape index (κ2) is 8.76. The zero-order valence-corrected chi connectivity index (χ0v) is 15.9. The zero-order valence-electron chi connectivity index (χ0n) is 15.1. The van der Waals surface area contributed by atoms with Gasteiger partial charge in [0.25, 0.3) is 0 Å². The van der Waals surface area contributed by atoms with Gasteiger partial charge in [0.15, 0.2) is 0 Å². The van der Waals surface area contributed by atoms with E-state index in [1.165, 1.54) is 55.1 Å². The highest BCUT2D eigenvalue weighted by Crippen LogP contribution is 2.32. The van der Waals surface area contributed by atoms with Crippen LogP contribution in [0.25, 0.3) is 0 Å². The van der Waals surface area contributed by atoms with Gasteiger partial charge in [0, 0.05) is 55.5 Å². The van der Waals surface area contributed by atoms with E-state index in [4.69, 9.17) is 4.74 Å². The highest BCUT2D eigenvalue weighted by atomic mass is 32.2. The Morgan fingerprint density at radius 2 is 2.16 bits per heavy atom. The molecule has 3 fully saturated rings. The van der Waals surface area contributed by atoms with Gasteiger partial charge in [-0.2, -0.15) is 11.8 Å². The number of benzene rings is 1. The van der Waals surface area contributed by atoms with Gasteiger partial charge in [-0.15, -0.1) is 0 Å². The minimum absolute atomic E-state index is 0.516. The standard InChI is InChI=1S/C20H31N3OS/c1-3-16(14-23-8-11-25-12-9-23)13-17(4-1)22-19-6-2-5-18(19)20-15-24-10-7-21-20/h1,3-4,13,18-22H,2,5-12,14-15H2. The quantitative estimate of drug-likeness (QED) is 0.843. The van der Waals surface area contributed by atoms with Crippen molar-refractivity contribution < 1.29 is 4.74 Å². The summed E-state index contributed by atoms with van der Waals surface area (Å²) in [4.78, 5) is 2.58. The molecule has 3 unspecified atom stereocenters. The van der Waals surface area contributed by atoms with Crippen LogP contribution in [0, 0.1) is 5.92 Å². The summed E-state index contributed by atoms with van der Waals surface area (Å²) in [5.74, 6) is 3.24. The topological polar surface area (TPSA) is 36.5 Å². The van der Waals surface area contributed by atoms with Crippen LogP contribution >= 0.6 is 11.8 Å². The first-order chi connectivity index (χ1) is 12.4. The number of hydrogen-bond donors (Lipinski definition) is 2. The Morgan fingerprint density at radius 1 is 1.24 bits per heavy atom. The van der Waals surface area contributed by atoms with Crippen LogP contribution in [0.15, 0.2) is 24.3 Å². The van der Waals surface area contributed by atoms with Gasteiger partial charge >= 0.3 is 0 Å². The molecule has 1 aliphatic carbocycles. The second-order valence-electron chi connectivity index (χ2n) is 7.57. The molecule has 2 aliphatic heterocycles. The van der Waals surface area contributed by atoms with Crippen LogP contribution in [-0.2, 0) is 11.3 Å². The molecule has 3 atom stereocenters. The number of nitrogens with one attached hydrogen (secondary N) is 2. The van der Waals surface area contributed by atoms with E-state index >= 15 is 0 Å². The lowest BCUT2D eigenvalue weighted by Crippen LogP contribution is -2.49. The fraction of sp³-hybridized carbons (Fsp3) is 0.700. The Morgan fingerprint density at radius 3 is 3.00 bits per heavy atom. The second-order valence-corrected chi connectivity index (χ2v) is 8.79. The SMILES string of the molecule is c1cc(CN2CCSCC2)cc(NC2CCCC2C2COCCN2)c1. The molecule has 25 heavy (non-hydrogen) atoms. The Balaban J connectivity index is 1.37. The number of anilines is 1. The number of ether oxygens (including phenoxy) is 1. The number of nitrogens with zero attached hydrogens (tertiary/aromatic N) is 1. The van der Waals surface area contributed by atoms with E-state index in [0.717, 1.165) is 26.3 Å². The van der Waals surface area contributed by atoms with Gasteiger partial charge < -0.3 is 15.4 Å². The van der Waals surface area contributed by atoms with Crippen LogP contribution in [-0.4, -0.2) is 61.3 Å². The van der Waals surface area contributed by atoms with E-state index in [2.05, 4.69) is 51.6 Å². The van der Waals surface area contributed by atoms with E-state index in [1.54, 1.807) is 0 Å². The molecule has 1 aromatic rings. The van der Waals surface area contributed by atoms with E-state index in [9.17, 15) is 0 Å². The molecule has 1 aromatic carbocycles. The van der Waals surface area contributed by atoms with Crippen LogP contribution in [0.3, 0.4) is 0 Å². The summed E-state index contributed by atoms with van der Waals surface area (Å²) < 4.78 is 5.70. The van der Waals surface area contributed by atoms with Gasteiger partial charge in [0.2, 0.25) is 0 Å². The predicted octanol–water partition coefficient (Wildman–Crippen LogP) is 2.80. The number of thioether (sulfide) groups is 1. The van der Waals surface area contributed by atoms with Crippen molar-refractivity contribution in [2.24, 2.45) is 5.92 Å². The fourth-order valence-electron chi connectivity index (χ4n) is 4.50. The lowest BCUT2D eigenvalue weighted by Gasteiger charge is -2.33. The van der Waals surface area contributed by atoms with Gasteiger partial charge in [-0.25, -0.2) is 0 Å². The summed E-state index contributed by atoms with van der Waals surface area (Å²) in [6.07, 6.45) is 3.91. The van der Waals surface area contributed by atoms with Gasteiger partial charge in [-0.05, 0) is 36.5 Å². The molecule has 3 aliphatic rings. The maximum Gasteiger partial charge on any atom is 0.0623 e. The molecule has 2 N–H and O–H groups in total. The number of rotatable bonds is 5. The molecule has 5 heteroatoms. The Hall–Kier alpha value is -0.750. The first kappa shape index (κ1) is 17.7. The molecular formula is C20H31N3OS. The predicted molar refractivity (Wildman–Crippen MR) is 106 cm³/mol. The van der Waals surface area contributed by atoms with Crippen molar-refractivity contribution in [1.82, 2.24) is 10.2 Å². The number of morpholine rings is 1. The van der Waals surface area contributed by atoms with Crippen LogP contribution in [0.5, 0.6) is 0 Å². The van der Waals surface area contributed by atoms with Gasteiger partial charge in [0.1, 0.15) is 0 Å². The van der Waals surface area contributed by atoms with E-state index in [-0.39, 0.29) is 0 Å². The molecule has 0 aromatic heterocycles. The normalized spacial score (nSPS) is 31.1. The third-order valence-electron chi connectivity index (χ3n) is 5.83. The molecule has 4 nitrogen and oxygen atoms in total. The first-order valence-corrected chi connectivity index (χ1v) is 11.0. The average Bonchev–Trinajstić information content (AvgIpc) is 3.12. The minimum atomic E-state index is 0.516. The molecule has 1 saturated carbocycles. The van der Waals surface area contributed by atoms with E-state index in [1.807, 2.05) is 0 Å². The Labute approximate surface area is 156 Å². The van der Waals surface area contributed by atoms with E-state index < -0.39 is 0 Å². The van der Waals surface area contributed by atoms with Crippen LogP contribution < -0.4 is 10.6 Å². The van der Waals surface area contributed by atoms with Crippen molar-refractivity contribution in [3.05, 3.63) is 29.8 Å². The third-order valence-corrected chi connectivity index (χ3v) is 6.77. The highest BCUT2D eigenvalue weighted by Gasteiger charge is 2.34. The molecular weight excluding hydrogens is 330 g/mol. The van der Waals surface area contributed by atoms with Gasteiger partial charge in [-0.1, -0.05) is 18.6 Å². The van der Waals surface area contributed by atoms with Crippen molar-refractivity contribution >= 4 is 17.4 Å². The largest absolute Gasteiger partial charge is 0.382 e. The summed E-state index contributed by atoms with van der Waals surface area (Å²) in [6.45, 7) is 6.26. The summed E-state index contributed by atoms with van der Waals surface area (Å²) in [5, 5.41) is 7.52. The molecule has 0 radical (unpaired) electrons. The molecule has 0 spiro atoms. The fourth-order valence-corrected chi connectivity index (χ4v) is 5.48. The monoisotopic (exact) mass is 361 g/mol. The van der Waals surface area contributed by atoms with Crippen LogP contribution in [0.4, 0.5) is 5.69 Å². The van der Waals surface area contributed by atoms with Crippen molar-refractivity contribution in [2.45, 2.75) is 37.9 Å². The van der Waals surface area contributed by atoms with E-state index in [0.29, 0.717) is 18.0 Å². The maximum atomic E-state index is 5.70. The third kappa shape index (κ3) is 4.70. The van der Waals surface area contributed by atoms with Gasteiger partial charge in [-0.3, -0.25) is 4.90 Å². The minimum Gasteiger partial charge on any atom is -0.382 e. The van der Waals surface area contributed by atoms with Gasteiger partial charge in [0.05, 0.1) is 13.2 Å². The summed E-state index contributed by atoms with van der Waals surface area (Å²) in [5.41, 5.74) is 2.73. The molecule has 2 saturated heterocycles. The molecule has 138 valence electrons. The smallest absolute Gasteiger partial charge is 0.0623 e. The summed E-state index contributed by atoms with van der Waals surface area (Å²) >= 11 is 2.08. The molecule has 4 rings (SSSR count). The molecule has 0 bridgehead atoms. The molecule has 0 amide bonds. The summed E-state index contributed by atoms with van der Waals surface area (Å²) in [6, 6.07) is 10.2. The van der Waals surface area contributed by atoms with Crippen LogP contribution in [0.1, 0.15) is 24.8 Å². The lowest BCUT2D eigenvalue weighted by molar-refractivity contribution is 0.0559. The average molecular weight is 362 g/mol. The van der Waals surface area contributed by atoms with Crippen molar-refractivity contribution in [2.75, 3.05) is 49.7 Å². The van der Waals surface area contributed by atoms with Crippen LogP contribution in [0.2, 0.25) is 0 Å². The van der Waals surface area contributed by atoms with Crippen molar-refractivity contribution in [3.63, 3.8) is 0 Å². The summed E-state index contributed by atoms with van der Waals surface area (Å²) in [7, 11) is 0. The van der Waals surface area contributed by atoms with Crippen molar-refractivity contribution in [3.8, 4) is 0 Å². The Kier molecular flexibility index (Phi) is 6.19. The highest BCUT2D eigenvalue weighted by molar-refractivity contribution is 7.99. The maximum absolute atomic E-state index is 5.70. The molecule has 2 heterocycles. The first-order valence-electron chi connectivity index (χ1n) is 9.85. The Bertz CT molecular complexity index is 543. The van der Waals surface area contributed by atoms with Crippen molar-refractivity contribution in [1.29, 1.82) is 0 Å². The lowest BCUT2D eigenvalue weighted by atomic mass is 9.93. The zero-order chi connectivity index (χ0) is 16.9.